The molecule has 3 heterocycles. The summed E-state index contributed by atoms with van der Waals surface area (Å²) in [5, 5.41) is 18.8. The van der Waals surface area contributed by atoms with Crippen molar-refractivity contribution in [2.75, 3.05) is 0 Å². The molecule has 0 atom stereocenters. The molecule has 0 aliphatic heterocycles. The van der Waals surface area contributed by atoms with E-state index in [2.05, 4.69) is 15.0 Å². The molecule has 3 aromatic heterocycles. The fourth-order valence-electron chi connectivity index (χ4n) is 2.00. The smallest absolute Gasteiger partial charge is 0.346 e. The summed E-state index contributed by atoms with van der Waals surface area (Å²) >= 11 is 1.09. The summed E-state index contributed by atoms with van der Waals surface area (Å²) in [5.41, 5.74) is 0.589. The van der Waals surface area contributed by atoms with Crippen LogP contribution in [0.25, 0.3) is 16.0 Å². The zero-order chi connectivity index (χ0) is 14.3. The zero-order valence-corrected chi connectivity index (χ0v) is 11.0. The number of aromatic carboxylic acids is 1. The van der Waals surface area contributed by atoms with Gasteiger partial charge in [0, 0.05) is 12.4 Å². The van der Waals surface area contributed by atoms with E-state index in [0.29, 0.717) is 21.6 Å². The number of nitriles is 1. The highest BCUT2D eigenvalue weighted by Crippen LogP contribution is 2.32. The maximum atomic E-state index is 11.2. The van der Waals surface area contributed by atoms with Crippen LogP contribution >= 0.6 is 11.3 Å². The number of hydrogen-bond donors (Lipinski definition) is 1. The van der Waals surface area contributed by atoms with Gasteiger partial charge in [-0.05, 0) is 12.5 Å². The fraction of sp³-hybridized carbons (Fsp3) is 0.0833. The van der Waals surface area contributed by atoms with Gasteiger partial charge in [-0.3, -0.25) is 4.57 Å². The number of aromatic nitrogens is 4. The third-order valence-corrected chi connectivity index (χ3v) is 4.06. The average Bonchev–Trinajstić information content (AvgIpc) is 3.03. The molecule has 0 bridgehead atoms. The van der Waals surface area contributed by atoms with E-state index in [4.69, 9.17) is 5.26 Å². The van der Waals surface area contributed by atoms with Gasteiger partial charge in [0.15, 0.2) is 5.82 Å². The predicted octanol–water partition coefficient (Wildman–Crippen LogP) is 1.76. The monoisotopic (exact) mass is 285 g/mol. The van der Waals surface area contributed by atoms with Crippen molar-refractivity contribution in [2.45, 2.75) is 6.92 Å². The molecule has 1 N–H and O–H groups in total. The van der Waals surface area contributed by atoms with Crippen LogP contribution in [0.15, 0.2) is 18.7 Å². The number of nitrogens with zero attached hydrogens (tertiary/aromatic N) is 5. The van der Waals surface area contributed by atoms with Gasteiger partial charge in [0.05, 0.1) is 5.39 Å². The van der Waals surface area contributed by atoms with Crippen LogP contribution in [0.1, 0.15) is 21.1 Å². The summed E-state index contributed by atoms with van der Waals surface area (Å²) in [6, 6.07) is 1.97. The van der Waals surface area contributed by atoms with Crippen LogP contribution in [0.3, 0.4) is 0 Å². The minimum atomic E-state index is -0.998. The third kappa shape index (κ3) is 1.64. The van der Waals surface area contributed by atoms with Gasteiger partial charge < -0.3 is 5.11 Å². The highest BCUT2D eigenvalue weighted by atomic mass is 32.1. The Morgan fingerprint density at radius 1 is 1.45 bits per heavy atom. The minimum absolute atomic E-state index is 0.187. The molecule has 0 saturated carbocycles. The first-order valence-corrected chi connectivity index (χ1v) is 6.36. The van der Waals surface area contributed by atoms with E-state index >= 15 is 0 Å². The number of hydrogen-bond acceptors (Lipinski definition) is 6. The Morgan fingerprint density at radius 2 is 2.25 bits per heavy atom. The van der Waals surface area contributed by atoms with E-state index < -0.39 is 5.97 Å². The van der Waals surface area contributed by atoms with Crippen molar-refractivity contribution in [1.29, 1.82) is 5.26 Å². The molecule has 0 aliphatic rings. The van der Waals surface area contributed by atoms with Crippen LogP contribution in [0.4, 0.5) is 0 Å². The Labute approximate surface area is 116 Å². The van der Waals surface area contributed by atoms with Crippen molar-refractivity contribution in [2.24, 2.45) is 0 Å². The maximum absolute atomic E-state index is 11.2. The second kappa shape index (κ2) is 4.40. The van der Waals surface area contributed by atoms with Gasteiger partial charge in [-0.25, -0.2) is 19.7 Å². The summed E-state index contributed by atoms with van der Waals surface area (Å²) in [5.74, 6) is -0.347. The summed E-state index contributed by atoms with van der Waals surface area (Å²) in [7, 11) is 0. The van der Waals surface area contributed by atoms with Gasteiger partial charge >= 0.3 is 5.97 Å². The molecular weight excluding hydrogens is 278 g/mol. The number of thiophene rings is 1. The van der Waals surface area contributed by atoms with Crippen LogP contribution in [0, 0.1) is 18.3 Å². The van der Waals surface area contributed by atoms with Crippen molar-refractivity contribution >= 4 is 27.5 Å². The summed E-state index contributed by atoms with van der Waals surface area (Å²) in [6.07, 6.45) is 4.45. The van der Waals surface area contributed by atoms with Crippen molar-refractivity contribution in [3.63, 3.8) is 0 Å². The van der Waals surface area contributed by atoms with Crippen molar-refractivity contribution < 1.29 is 9.90 Å². The molecule has 3 aromatic rings. The third-order valence-electron chi connectivity index (χ3n) is 2.87. The lowest BCUT2D eigenvalue weighted by Crippen LogP contribution is -2.01. The molecule has 0 saturated heterocycles. The Hall–Kier alpha value is -2.79. The van der Waals surface area contributed by atoms with Gasteiger partial charge in [-0.1, -0.05) is 0 Å². The van der Waals surface area contributed by atoms with Crippen LogP contribution in [-0.2, 0) is 0 Å². The SMILES string of the molecule is Cc1c(C(=O)O)sc2ncnc(-n3ccnc3C#N)c12. The van der Waals surface area contributed by atoms with Crippen LogP contribution in [0.5, 0.6) is 0 Å². The number of carboxylic acids is 1. The first-order chi connectivity index (χ1) is 9.63. The minimum Gasteiger partial charge on any atom is -0.477 e. The Balaban J connectivity index is 2.38. The second-order valence-electron chi connectivity index (χ2n) is 3.97. The van der Waals surface area contributed by atoms with E-state index in [9.17, 15) is 9.90 Å². The van der Waals surface area contributed by atoms with E-state index in [-0.39, 0.29) is 10.7 Å². The lowest BCUT2D eigenvalue weighted by atomic mass is 10.2. The fourth-order valence-corrected chi connectivity index (χ4v) is 2.98. The Morgan fingerprint density at radius 3 is 2.95 bits per heavy atom. The van der Waals surface area contributed by atoms with Crippen LogP contribution in [0.2, 0.25) is 0 Å². The van der Waals surface area contributed by atoms with E-state index in [1.54, 1.807) is 13.1 Å². The van der Waals surface area contributed by atoms with E-state index in [0.717, 1.165) is 11.3 Å². The largest absolute Gasteiger partial charge is 0.477 e. The van der Waals surface area contributed by atoms with Gasteiger partial charge in [0.25, 0.3) is 0 Å². The highest BCUT2D eigenvalue weighted by Gasteiger charge is 2.20. The molecule has 3 rings (SSSR count). The molecule has 0 aliphatic carbocycles. The first kappa shape index (κ1) is 12.3. The number of imidazole rings is 1. The van der Waals surface area contributed by atoms with Gasteiger partial charge in [0.2, 0.25) is 5.82 Å². The summed E-state index contributed by atoms with van der Waals surface area (Å²) < 4.78 is 1.52. The number of carboxylic acid groups (broad SMARTS) is 1. The van der Waals surface area contributed by atoms with Crippen molar-refractivity contribution in [3.05, 3.63) is 35.0 Å². The number of carbonyl (C=O) groups is 1. The highest BCUT2D eigenvalue weighted by molar-refractivity contribution is 7.20. The lowest BCUT2D eigenvalue weighted by Gasteiger charge is -2.04. The number of rotatable bonds is 2. The summed E-state index contributed by atoms with van der Waals surface area (Å²) in [6.45, 7) is 1.71. The maximum Gasteiger partial charge on any atom is 0.346 e. The van der Waals surface area contributed by atoms with E-state index in [1.807, 2.05) is 6.07 Å². The van der Waals surface area contributed by atoms with Gasteiger partial charge in [-0.2, -0.15) is 5.26 Å². The molecule has 20 heavy (non-hydrogen) atoms. The lowest BCUT2D eigenvalue weighted by molar-refractivity contribution is 0.0701. The zero-order valence-electron chi connectivity index (χ0n) is 10.2. The molecule has 0 unspecified atom stereocenters. The summed E-state index contributed by atoms with van der Waals surface area (Å²) in [4.78, 5) is 24.2. The van der Waals surface area contributed by atoms with Crippen molar-refractivity contribution in [3.8, 4) is 11.9 Å². The standard InChI is InChI=1S/C12H7N5O2S/c1-6-8-10(17-3-2-14-7(17)4-13)15-5-16-11(8)20-9(6)12(18)19/h2-3,5H,1H3,(H,18,19). The molecule has 0 amide bonds. The average molecular weight is 285 g/mol. The van der Waals surface area contributed by atoms with Crippen molar-refractivity contribution in [1.82, 2.24) is 19.5 Å². The molecule has 0 fully saturated rings. The Kier molecular flexibility index (Phi) is 2.69. The van der Waals surface area contributed by atoms with Crippen LogP contribution in [-0.4, -0.2) is 30.6 Å². The molecule has 8 heteroatoms. The van der Waals surface area contributed by atoms with Gasteiger partial charge in [-0.15, -0.1) is 11.3 Å². The number of fused-ring (bicyclic) bond motifs is 1. The second-order valence-corrected chi connectivity index (χ2v) is 4.97. The quantitative estimate of drug-likeness (QED) is 0.769. The molecule has 0 aromatic carbocycles. The predicted molar refractivity (Wildman–Crippen MR) is 70.9 cm³/mol. The van der Waals surface area contributed by atoms with Gasteiger partial charge in [0.1, 0.15) is 22.1 Å². The topological polar surface area (TPSA) is 105 Å². The molecule has 98 valence electrons. The molecule has 0 spiro atoms. The Bertz CT molecular complexity index is 874. The first-order valence-electron chi connectivity index (χ1n) is 5.54. The van der Waals surface area contributed by atoms with E-state index in [1.165, 1.54) is 17.1 Å². The van der Waals surface area contributed by atoms with Crippen LogP contribution < -0.4 is 0 Å². The molecule has 7 nitrogen and oxygen atoms in total. The normalized spacial score (nSPS) is 10.6. The number of aryl methyl sites for hydroxylation is 1. The molecular formula is C12H7N5O2S. The molecule has 0 radical (unpaired) electrons.